The van der Waals surface area contributed by atoms with E-state index in [0.29, 0.717) is 18.3 Å². The van der Waals surface area contributed by atoms with Crippen LogP contribution in [-0.4, -0.2) is 72.9 Å². The lowest BCUT2D eigenvalue weighted by Crippen LogP contribution is -2.49. The number of carbonyl (C=O) groups is 1. The molecule has 0 aliphatic carbocycles. The van der Waals surface area contributed by atoms with Gasteiger partial charge in [-0.3, -0.25) is 9.69 Å². The van der Waals surface area contributed by atoms with Gasteiger partial charge in [0.25, 0.3) is 5.89 Å². The molecule has 8 nitrogen and oxygen atoms in total. The maximum absolute atomic E-state index is 11.8. The van der Waals surface area contributed by atoms with Gasteiger partial charge in [-0.2, -0.15) is 4.98 Å². The van der Waals surface area contributed by atoms with Crippen molar-refractivity contribution < 1.29 is 18.8 Å². The van der Waals surface area contributed by atoms with E-state index in [1.165, 1.54) is 5.56 Å². The molecule has 0 saturated carbocycles. The summed E-state index contributed by atoms with van der Waals surface area (Å²) in [6.45, 7) is 4.53. The largest absolute Gasteiger partial charge is 0.375 e. The number of nitrogens with zero attached hydrogens (tertiary/aromatic N) is 4. The molecule has 0 atom stereocenters. The maximum Gasteiger partial charge on any atom is 0.252 e. The Morgan fingerprint density at radius 3 is 2.50 bits per heavy atom. The van der Waals surface area contributed by atoms with E-state index in [0.717, 1.165) is 38.3 Å². The van der Waals surface area contributed by atoms with Crippen molar-refractivity contribution in [3.8, 4) is 11.4 Å². The van der Waals surface area contributed by atoms with Gasteiger partial charge in [-0.1, -0.05) is 29.4 Å². The molecular weight excluding hydrogens is 336 g/mol. The van der Waals surface area contributed by atoms with E-state index in [9.17, 15) is 4.79 Å². The lowest BCUT2D eigenvalue weighted by atomic mass is 10.1. The molecule has 8 heteroatoms. The van der Waals surface area contributed by atoms with E-state index in [1.54, 1.807) is 14.2 Å². The average Bonchev–Trinajstić information content (AvgIpc) is 3.12. The predicted octanol–water partition coefficient (Wildman–Crippen LogP) is 1.17. The first-order chi connectivity index (χ1) is 12.7. The van der Waals surface area contributed by atoms with Crippen LogP contribution < -0.4 is 0 Å². The minimum Gasteiger partial charge on any atom is -0.375 e. The standard InChI is InChI=1S/C18H24N4O4/c1-24-12-16-19-18(20-26-16)15-5-3-14(4-6-15)11-21-7-9-22(10-8-21)17(23)13-25-2/h3-6H,7-13H2,1-2H3. The van der Waals surface area contributed by atoms with E-state index in [2.05, 4.69) is 27.2 Å². The summed E-state index contributed by atoms with van der Waals surface area (Å²) < 4.78 is 15.0. The van der Waals surface area contributed by atoms with Gasteiger partial charge < -0.3 is 18.9 Å². The quantitative estimate of drug-likeness (QED) is 0.733. The van der Waals surface area contributed by atoms with Crippen LogP contribution in [0, 0.1) is 0 Å². The fourth-order valence-electron chi connectivity index (χ4n) is 2.94. The number of aromatic nitrogens is 2. The first kappa shape index (κ1) is 18.5. The van der Waals surface area contributed by atoms with Crippen LogP contribution in [0.3, 0.4) is 0 Å². The molecule has 1 aromatic heterocycles. The Morgan fingerprint density at radius 1 is 1.12 bits per heavy atom. The monoisotopic (exact) mass is 360 g/mol. The lowest BCUT2D eigenvalue weighted by Gasteiger charge is -2.34. The average molecular weight is 360 g/mol. The molecule has 1 amide bonds. The van der Waals surface area contributed by atoms with Crippen molar-refractivity contribution in [1.29, 1.82) is 0 Å². The van der Waals surface area contributed by atoms with Crippen molar-refractivity contribution in [2.45, 2.75) is 13.2 Å². The van der Waals surface area contributed by atoms with Gasteiger partial charge in [0.2, 0.25) is 11.7 Å². The van der Waals surface area contributed by atoms with Crippen molar-refractivity contribution in [2.75, 3.05) is 47.0 Å². The predicted molar refractivity (Wildman–Crippen MR) is 94.2 cm³/mol. The van der Waals surface area contributed by atoms with Gasteiger partial charge >= 0.3 is 0 Å². The van der Waals surface area contributed by atoms with Gasteiger partial charge in [-0.05, 0) is 5.56 Å². The molecule has 1 aliphatic heterocycles. The first-order valence-corrected chi connectivity index (χ1v) is 8.59. The molecule has 26 heavy (non-hydrogen) atoms. The summed E-state index contributed by atoms with van der Waals surface area (Å²) in [7, 11) is 3.14. The van der Waals surface area contributed by atoms with Crippen LogP contribution in [0.5, 0.6) is 0 Å². The van der Waals surface area contributed by atoms with Gasteiger partial charge in [0.1, 0.15) is 13.2 Å². The fourth-order valence-corrected chi connectivity index (χ4v) is 2.94. The number of rotatable bonds is 7. The molecular formula is C18H24N4O4. The van der Waals surface area contributed by atoms with Crippen molar-refractivity contribution in [3.05, 3.63) is 35.7 Å². The van der Waals surface area contributed by atoms with Crippen molar-refractivity contribution in [1.82, 2.24) is 19.9 Å². The second kappa shape index (κ2) is 8.88. The van der Waals surface area contributed by atoms with E-state index in [-0.39, 0.29) is 12.5 Å². The number of ether oxygens (including phenoxy) is 2. The Kier molecular flexibility index (Phi) is 6.32. The van der Waals surface area contributed by atoms with E-state index in [4.69, 9.17) is 14.0 Å². The molecule has 2 heterocycles. The van der Waals surface area contributed by atoms with E-state index < -0.39 is 0 Å². The number of hydrogen-bond acceptors (Lipinski definition) is 7. The summed E-state index contributed by atoms with van der Waals surface area (Å²) in [5.41, 5.74) is 2.13. The number of methoxy groups -OCH3 is 2. The smallest absolute Gasteiger partial charge is 0.252 e. The highest BCUT2D eigenvalue weighted by Crippen LogP contribution is 2.18. The van der Waals surface area contributed by atoms with Crippen LogP contribution in [0.15, 0.2) is 28.8 Å². The molecule has 0 radical (unpaired) electrons. The van der Waals surface area contributed by atoms with Crippen LogP contribution in [0.1, 0.15) is 11.5 Å². The summed E-state index contributed by atoms with van der Waals surface area (Å²) in [6, 6.07) is 8.14. The minimum absolute atomic E-state index is 0.0597. The van der Waals surface area contributed by atoms with Crippen LogP contribution in [0.25, 0.3) is 11.4 Å². The van der Waals surface area contributed by atoms with Crippen LogP contribution in [0.2, 0.25) is 0 Å². The Labute approximate surface area is 152 Å². The summed E-state index contributed by atoms with van der Waals surface area (Å²) in [4.78, 5) is 20.3. The number of piperazine rings is 1. The highest BCUT2D eigenvalue weighted by atomic mass is 16.5. The van der Waals surface area contributed by atoms with Crippen LogP contribution in [-0.2, 0) is 27.4 Å². The zero-order valence-electron chi connectivity index (χ0n) is 15.2. The zero-order valence-corrected chi connectivity index (χ0v) is 15.2. The third-order valence-electron chi connectivity index (χ3n) is 4.35. The maximum atomic E-state index is 11.8. The summed E-state index contributed by atoms with van der Waals surface area (Å²) in [5.74, 6) is 1.09. The topological polar surface area (TPSA) is 80.9 Å². The third-order valence-corrected chi connectivity index (χ3v) is 4.35. The van der Waals surface area contributed by atoms with Gasteiger partial charge in [0.15, 0.2) is 0 Å². The summed E-state index contributed by atoms with van der Waals surface area (Å²) in [5, 5.41) is 3.97. The molecule has 0 spiro atoms. The highest BCUT2D eigenvalue weighted by Gasteiger charge is 2.20. The van der Waals surface area contributed by atoms with Crippen molar-refractivity contribution >= 4 is 5.91 Å². The molecule has 3 rings (SSSR count). The van der Waals surface area contributed by atoms with Gasteiger partial charge in [0, 0.05) is 52.5 Å². The summed E-state index contributed by atoms with van der Waals surface area (Å²) in [6.07, 6.45) is 0. The second-order valence-corrected chi connectivity index (χ2v) is 6.23. The zero-order chi connectivity index (χ0) is 18.4. The van der Waals surface area contributed by atoms with E-state index in [1.807, 2.05) is 17.0 Å². The molecule has 1 aliphatic rings. The number of carbonyl (C=O) groups excluding carboxylic acids is 1. The number of hydrogen-bond donors (Lipinski definition) is 0. The molecule has 1 aromatic carbocycles. The highest BCUT2D eigenvalue weighted by molar-refractivity contribution is 5.77. The molecule has 1 fully saturated rings. The van der Waals surface area contributed by atoms with Gasteiger partial charge in [-0.25, -0.2) is 0 Å². The number of benzene rings is 1. The normalized spacial score (nSPS) is 15.4. The molecule has 0 unspecified atom stereocenters. The van der Waals surface area contributed by atoms with Crippen molar-refractivity contribution in [3.63, 3.8) is 0 Å². The molecule has 2 aromatic rings. The Morgan fingerprint density at radius 2 is 1.85 bits per heavy atom. The Balaban J connectivity index is 1.52. The Hall–Kier alpha value is -2.29. The van der Waals surface area contributed by atoms with Gasteiger partial charge in [-0.15, -0.1) is 0 Å². The molecule has 0 bridgehead atoms. The molecule has 1 saturated heterocycles. The molecule has 0 N–H and O–H groups in total. The fraction of sp³-hybridized carbons (Fsp3) is 0.500. The lowest BCUT2D eigenvalue weighted by molar-refractivity contribution is -0.136. The van der Waals surface area contributed by atoms with Crippen molar-refractivity contribution in [2.24, 2.45) is 0 Å². The summed E-state index contributed by atoms with van der Waals surface area (Å²) >= 11 is 0. The van der Waals surface area contributed by atoms with Gasteiger partial charge in [0.05, 0.1) is 0 Å². The van der Waals surface area contributed by atoms with Crippen LogP contribution in [0.4, 0.5) is 0 Å². The second-order valence-electron chi connectivity index (χ2n) is 6.23. The minimum atomic E-state index is 0.0597. The first-order valence-electron chi connectivity index (χ1n) is 8.59. The number of amides is 1. The molecule has 140 valence electrons. The Bertz CT molecular complexity index is 708. The van der Waals surface area contributed by atoms with Crippen LogP contribution >= 0.6 is 0 Å². The third kappa shape index (κ3) is 4.66. The van der Waals surface area contributed by atoms with E-state index >= 15 is 0 Å². The SMILES string of the molecule is COCC(=O)N1CCN(Cc2ccc(-c3noc(COC)n3)cc2)CC1.